The Balaban J connectivity index is 2.55. The molecular formula is C11H11N3. The molecule has 0 aliphatic heterocycles. The Morgan fingerprint density at radius 2 is 1.93 bits per heavy atom. The number of hydrogen-bond acceptors (Lipinski definition) is 3. The fourth-order valence-electron chi connectivity index (χ4n) is 1.36. The van der Waals surface area contributed by atoms with Crippen LogP contribution in [0.2, 0.25) is 0 Å². The predicted molar refractivity (Wildman–Crippen MR) is 56.6 cm³/mol. The maximum absolute atomic E-state index is 5.73. The molecule has 0 fully saturated rings. The van der Waals surface area contributed by atoms with Crippen LogP contribution in [0.3, 0.4) is 0 Å². The van der Waals surface area contributed by atoms with Crippen molar-refractivity contribution in [3.05, 3.63) is 42.2 Å². The van der Waals surface area contributed by atoms with Crippen molar-refractivity contribution in [2.24, 2.45) is 0 Å². The zero-order valence-electron chi connectivity index (χ0n) is 7.94. The molecule has 3 heteroatoms. The summed E-state index contributed by atoms with van der Waals surface area (Å²) in [5.74, 6) is 0.470. The standard InChI is InChI=1S/C11H11N3/c1-8-3-2-4-9(7-8)10-11(12)14-6-5-13-10/h2-7H,1H3,(H2,12,14). The van der Waals surface area contributed by atoms with Crippen LogP contribution in [0.25, 0.3) is 11.3 Å². The van der Waals surface area contributed by atoms with Gasteiger partial charge in [0.1, 0.15) is 11.5 Å². The second kappa shape index (κ2) is 3.46. The van der Waals surface area contributed by atoms with Gasteiger partial charge >= 0.3 is 0 Å². The molecule has 0 bridgehead atoms. The molecule has 0 spiro atoms. The number of aromatic nitrogens is 2. The number of anilines is 1. The Labute approximate surface area is 82.6 Å². The largest absolute Gasteiger partial charge is 0.382 e. The van der Waals surface area contributed by atoms with E-state index in [0.717, 1.165) is 11.3 Å². The van der Waals surface area contributed by atoms with Crippen molar-refractivity contribution < 1.29 is 0 Å². The third-order valence-corrected chi connectivity index (χ3v) is 2.02. The monoisotopic (exact) mass is 185 g/mol. The highest BCUT2D eigenvalue weighted by molar-refractivity contribution is 5.69. The van der Waals surface area contributed by atoms with Gasteiger partial charge in [0.25, 0.3) is 0 Å². The van der Waals surface area contributed by atoms with E-state index in [2.05, 4.69) is 9.97 Å². The third kappa shape index (κ3) is 1.57. The quantitative estimate of drug-likeness (QED) is 0.739. The normalized spacial score (nSPS) is 10.1. The number of nitrogen functional groups attached to an aromatic ring is 1. The van der Waals surface area contributed by atoms with Gasteiger partial charge in [-0.25, -0.2) is 4.98 Å². The lowest BCUT2D eigenvalue weighted by atomic mass is 10.1. The summed E-state index contributed by atoms with van der Waals surface area (Å²) < 4.78 is 0. The summed E-state index contributed by atoms with van der Waals surface area (Å²) in [5.41, 5.74) is 8.67. The zero-order chi connectivity index (χ0) is 9.97. The minimum atomic E-state index is 0.470. The minimum absolute atomic E-state index is 0.470. The van der Waals surface area contributed by atoms with Gasteiger partial charge in [-0.2, -0.15) is 0 Å². The first-order chi connectivity index (χ1) is 6.77. The molecule has 2 N–H and O–H groups in total. The summed E-state index contributed by atoms with van der Waals surface area (Å²) in [5, 5.41) is 0. The summed E-state index contributed by atoms with van der Waals surface area (Å²) >= 11 is 0. The Morgan fingerprint density at radius 3 is 2.64 bits per heavy atom. The third-order valence-electron chi connectivity index (χ3n) is 2.02. The molecule has 1 aromatic carbocycles. The van der Waals surface area contributed by atoms with Crippen LogP contribution in [0.15, 0.2) is 36.7 Å². The molecule has 0 amide bonds. The van der Waals surface area contributed by atoms with E-state index in [-0.39, 0.29) is 0 Å². The molecular weight excluding hydrogens is 174 g/mol. The van der Waals surface area contributed by atoms with E-state index in [4.69, 9.17) is 5.73 Å². The van der Waals surface area contributed by atoms with Gasteiger partial charge in [-0.05, 0) is 13.0 Å². The summed E-state index contributed by atoms with van der Waals surface area (Å²) in [4.78, 5) is 8.20. The van der Waals surface area contributed by atoms with Crippen LogP contribution in [-0.2, 0) is 0 Å². The highest BCUT2D eigenvalue weighted by Gasteiger charge is 2.03. The van der Waals surface area contributed by atoms with Gasteiger partial charge < -0.3 is 5.73 Å². The van der Waals surface area contributed by atoms with Gasteiger partial charge in [-0.3, -0.25) is 4.98 Å². The zero-order valence-corrected chi connectivity index (χ0v) is 7.94. The van der Waals surface area contributed by atoms with Crippen molar-refractivity contribution in [1.82, 2.24) is 9.97 Å². The first kappa shape index (κ1) is 8.69. The van der Waals surface area contributed by atoms with Crippen molar-refractivity contribution in [3.8, 4) is 11.3 Å². The van der Waals surface area contributed by atoms with Crippen molar-refractivity contribution >= 4 is 5.82 Å². The maximum Gasteiger partial charge on any atom is 0.149 e. The van der Waals surface area contributed by atoms with Gasteiger partial charge in [0, 0.05) is 18.0 Å². The van der Waals surface area contributed by atoms with E-state index in [1.165, 1.54) is 5.56 Å². The predicted octanol–water partition coefficient (Wildman–Crippen LogP) is 2.03. The maximum atomic E-state index is 5.73. The van der Waals surface area contributed by atoms with Crippen molar-refractivity contribution in [3.63, 3.8) is 0 Å². The Hall–Kier alpha value is -1.90. The molecule has 70 valence electrons. The molecule has 14 heavy (non-hydrogen) atoms. The lowest BCUT2D eigenvalue weighted by molar-refractivity contribution is 1.21. The number of nitrogens with two attached hydrogens (primary N) is 1. The van der Waals surface area contributed by atoms with E-state index in [1.807, 2.05) is 31.2 Å². The molecule has 0 atom stereocenters. The number of hydrogen-bond donors (Lipinski definition) is 1. The van der Waals surface area contributed by atoms with Gasteiger partial charge in [0.2, 0.25) is 0 Å². The van der Waals surface area contributed by atoms with Crippen LogP contribution in [0.5, 0.6) is 0 Å². The molecule has 3 nitrogen and oxygen atoms in total. The molecule has 2 rings (SSSR count). The highest BCUT2D eigenvalue weighted by atomic mass is 14.9. The van der Waals surface area contributed by atoms with Gasteiger partial charge in [0.05, 0.1) is 0 Å². The Morgan fingerprint density at radius 1 is 1.14 bits per heavy atom. The Bertz CT molecular complexity index is 452. The molecule has 0 unspecified atom stereocenters. The van der Waals surface area contributed by atoms with Crippen LogP contribution < -0.4 is 5.73 Å². The van der Waals surface area contributed by atoms with Crippen LogP contribution in [-0.4, -0.2) is 9.97 Å². The molecule has 2 aromatic rings. The van der Waals surface area contributed by atoms with Crippen molar-refractivity contribution in [1.29, 1.82) is 0 Å². The summed E-state index contributed by atoms with van der Waals surface area (Å²) in [6.45, 7) is 2.04. The first-order valence-electron chi connectivity index (χ1n) is 4.41. The first-order valence-corrected chi connectivity index (χ1v) is 4.41. The Kier molecular flexibility index (Phi) is 2.14. The highest BCUT2D eigenvalue weighted by Crippen LogP contribution is 2.21. The average molecular weight is 185 g/mol. The van der Waals surface area contributed by atoms with Crippen molar-refractivity contribution in [2.45, 2.75) is 6.92 Å². The van der Waals surface area contributed by atoms with Crippen LogP contribution >= 0.6 is 0 Å². The molecule has 0 aliphatic carbocycles. The van der Waals surface area contributed by atoms with E-state index in [1.54, 1.807) is 12.4 Å². The smallest absolute Gasteiger partial charge is 0.149 e. The minimum Gasteiger partial charge on any atom is -0.382 e. The van der Waals surface area contributed by atoms with Gasteiger partial charge in [-0.15, -0.1) is 0 Å². The van der Waals surface area contributed by atoms with Gasteiger partial charge in [-0.1, -0.05) is 23.8 Å². The van der Waals surface area contributed by atoms with E-state index < -0.39 is 0 Å². The lowest BCUT2D eigenvalue weighted by Crippen LogP contribution is -1.95. The van der Waals surface area contributed by atoms with E-state index >= 15 is 0 Å². The second-order valence-corrected chi connectivity index (χ2v) is 3.16. The van der Waals surface area contributed by atoms with Crippen LogP contribution in [0.1, 0.15) is 5.56 Å². The SMILES string of the molecule is Cc1cccc(-c2nccnc2N)c1. The molecule has 0 saturated heterocycles. The van der Waals surface area contributed by atoms with Crippen LogP contribution in [0, 0.1) is 6.92 Å². The average Bonchev–Trinajstić information content (AvgIpc) is 2.18. The molecule has 0 aliphatic rings. The summed E-state index contributed by atoms with van der Waals surface area (Å²) in [7, 11) is 0. The van der Waals surface area contributed by atoms with Gasteiger partial charge in [0.15, 0.2) is 0 Å². The number of aryl methyl sites for hydroxylation is 1. The second-order valence-electron chi connectivity index (χ2n) is 3.16. The molecule has 1 aromatic heterocycles. The summed E-state index contributed by atoms with van der Waals surface area (Å²) in [6.07, 6.45) is 3.24. The summed E-state index contributed by atoms with van der Waals surface area (Å²) in [6, 6.07) is 8.04. The fraction of sp³-hybridized carbons (Fsp3) is 0.0909. The number of rotatable bonds is 1. The molecule has 0 radical (unpaired) electrons. The molecule has 0 saturated carbocycles. The lowest BCUT2D eigenvalue weighted by Gasteiger charge is -2.03. The number of nitrogens with zero attached hydrogens (tertiary/aromatic N) is 2. The van der Waals surface area contributed by atoms with Crippen molar-refractivity contribution in [2.75, 3.05) is 5.73 Å². The number of benzene rings is 1. The fourth-order valence-corrected chi connectivity index (χ4v) is 1.36. The van der Waals surface area contributed by atoms with E-state index in [0.29, 0.717) is 5.82 Å². The topological polar surface area (TPSA) is 51.8 Å². The molecule has 1 heterocycles. The van der Waals surface area contributed by atoms with E-state index in [9.17, 15) is 0 Å². The van der Waals surface area contributed by atoms with Crippen LogP contribution in [0.4, 0.5) is 5.82 Å².